The molecular formula is C16H25N3O2S. The Kier molecular flexibility index (Phi) is 5.31. The normalized spacial score (nSPS) is 23.0. The van der Waals surface area contributed by atoms with Crippen molar-refractivity contribution in [2.75, 3.05) is 32.8 Å². The van der Waals surface area contributed by atoms with Crippen molar-refractivity contribution in [1.29, 1.82) is 0 Å². The highest BCUT2D eigenvalue weighted by molar-refractivity contribution is 7.09. The smallest absolute Gasteiger partial charge is 0.317 e. The molecule has 0 aromatic carbocycles. The molecule has 0 bridgehead atoms. The minimum atomic E-state index is 0.0528. The molecule has 2 aliphatic rings. The topological polar surface area (TPSA) is 54.5 Å². The van der Waals surface area contributed by atoms with Crippen LogP contribution in [-0.4, -0.2) is 48.8 Å². The summed E-state index contributed by atoms with van der Waals surface area (Å²) in [6, 6.07) is 0.0528. The molecule has 22 heavy (non-hydrogen) atoms. The van der Waals surface area contributed by atoms with Crippen molar-refractivity contribution >= 4 is 17.4 Å². The summed E-state index contributed by atoms with van der Waals surface area (Å²) in [5.74, 6) is 1.28. The van der Waals surface area contributed by atoms with Crippen LogP contribution in [0, 0.1) is 18.8 Å². The molecule has 0 radical (unpaired) electrons. The van der Waals surface area contributed by atoms with Gasteiger partial charge >= 0.3 is 6.03 Å². The first kappa shape index (κ1) is 15.7. The number of carbonyl (C=O) groups excluding carboxylic acids is 1. The average Bonchev–Trinajstić information content (AvgIpc) is 2.72. The number of aromatic nitrogens is 1. The molecule has 1 aliphatic heterocycles. The van der Waals surface area contributed by atoms with Crippen molar-refractivity contribution in [2.45, 2.75) is 32.6 Å². The van der Waals surface area contributed by atoms with Crippen LogP contribution in [0.1, 0.15) is 29.8 Å². The van der Waals surface area contributed by atoms with E-state index in [1.807, 2.05) is 17.3 Å². The third-order valence-electron chi connectivity index (χ3n) is 4.87. The quantitative estimate of drug-likeness (QED) is 0.926. The number of nitrogens with zero attached hydrogens (tertiary/aromatic N) is 2. The number of nitrogens with one attached hydrogen (secondary N) is 1. The average molecular weight is 323 g/mol. The Bertz CT molecular complexity index is 501. The molecule has 5 nitrogen and oxygen atoms in total. The number of hydrogen-bond acceptors (Lipinski definition) is 4. The summed E-state index contributed by atoms with van der Waals surface area (Å²) >= 11 is 1.66. The second-order valence-electron chi connectivity index (χ2n) is 6.31. The lowest BCUT2D eigenvalue weighted by molar-refractivity contribution is 0.0775. The minimum Gasteiger partial charge on any atom is -0.379 e. The highest BCUT2D eigenvalue weighted by Gasteiger charge is 2.31. The summed E-state index contributed by atoms with van der Waals surface area (Å²) in [7, 11) is 0. The summed E-state index contributed by atoms with van der Waals surface area (Å²) in [6.07, 6.45) is 4.79. The largest absolute Gasteiger partial charge is 0.379 e. The van der Waals surface area contributed by atoms with E-state index in [9.17, 15) is 4.79 Å². The van der Waals surface area contributed by atoms with Crippen LogP contribution in [0.15, 0.2) is 5.51 Å². The highest BCUT2D eigenvalue weighted by Crippen LogP contribution is 2.34. The second kappa shape index (κ2) is 7.42. The molecule has 1 aromatic rings. The molecule has 1 atom stereocenters. The second-order valence-corrected chi connectivity index (χ2v) is 7.25. The van der Waals surface area contributed by atoms with E-state index in [1.54, 1.807) is 11.3 Å². The standard InChI is InChI=1S/C16H25N3O2S/c1-12-15(22-11-18-12)5-6-17-16(20)19-7-8-21-10-14(9-19)13-3-2-4-13/h11,13-14H,2-10H2,1H3,(H,17,20). The maximum atomic E-state index is 12.4. The van der Waals surface area contributed by atoms with Gasteiger partial charge in [0.05, 0.1) is 24.4 Å². The Morgan fingerprint density at radius 1 is 1.50 bits per heavy atom. The summed E-state index contributed by atoms with van der Waals surface area (Å²) < 4.78 is 5.70. The van der Waals surface area contributed by atoms with E-state index in [-0.39, 0.29) is 6.03 Å². The lowest BCUT2D eigenvalue weighted by Gasteiger charge is -2.34. The van der Waals surface area contributed by atoms with Gasteiger partial charge < -0.3 is 15.0 Å². The van der Waals surface area contributed by atoms with E-state index in [0.29, 0.717) is 25.6 Å². The Labute approximate surface area is 136 Å². The van der Waals surface area contributed by atoms with Crippen LogP contribution in [0.25, 0.3) is 0 Å². The van der Waals surface area contributed by atoms with Gasteiger partial charge in [0, 0.05) is 36.9 Å². The maximum absolute atomic E-state index is 12.4. The number of thiazole rings is 1. The number of aryl methyl sites for hydroxylation is 1. The Morgan fingerprint density at radius 3 is 3.05 bits per heavy atom. The molecule has 1 saturated heterocycles. The molecule has 1 unspecified atom stereocenters. The van der Waals surface area contributed by atoms with Crippen LogP contribution >= 0.6 is 11.3 Å². The first-order valence-corrected chi connectivity index (χ1v) is 9.11. The van der Waals surface area contributed by atoms with Crippen molar-refractivity contribution in [3.63, 3.8) is 0 Å². The third kappa shape index (κ3) is 3.79. The van der Waals surface area contributed by atoms with E-state index in [1.165, 1.54) is 24.1 Å². The van der Waals surface area contributed by atoms with Crippen molar-refractivity contribution in [3.8, 4) is 0 Å². The highest BCUT2D eigenvalue weighted by atomic mass is 32.1. The summed E-state index contributed by atoms with van der Waals surface area (Å²) in [6.45, 7) is 5.71. The van der Waals surface area contributed by atoms with Crippen LogP contribution < -0.4 is 5.32 Å². The molecule has 1 saturated carbocycles. The van der Waals surface area contributed by atoms with Crippen molar-refractivity contribution < 1.29 is 9.53 Å². The van der Waals surface area contributed by atoms with Crippen LogP contribution in [0.3, 0.4) is 0 Å². The van der Waals surface area contributed by atoms with E-state index in [4.69, 9.17) is 4.74 Å². The number of amides is 2. The Morgan fingerprint density at radius 2 is 2.36 bits per heavy atom. The fourth-order valence-corrected chi connectivity index (χ4v) is 3.96. The zero-order valence-electron chi connectivity index (χ0n) is 13.2. The molecule has 6 heteroatoms. The molecule has 2 fully saturated rings. The zero-order chi connectivity index (χ0) is 15.4. The maximum Gasteiger partial charge on any atom is 0.317 e. The molecule has 1 aliphatic carbocycles. The molecule has 1 N–H and O–H groups in total. The SMILES string of the molecule is Cc1ncsc1CCNC(=O)N1CCOCC(C2CCC2)C1. The van der Waals surface area contributed by atoms with Gasteiger partial charge in [0.15, 0.2) is 0 Å². The van der Waals surface area contributed by atoms with Gasteiger partial charge in [-0.3, -0.25) is 0 Å². The van der Waals surface area contributed by atoms with Gasteiger partial charge in [-0.2, -0.15) is 0 Å². The van der Waals surface area contributed by atoms with Crippen LogP contribution in [0.2, 0.25) is 0 Å². The number of hydrogen-bond donors (Lipinski definition) is 1. The molecular weight excluding hydrogens is 298 g/mol. The number of carbonyl (C=O) groups is 1. The fraction of sp³-hybridized carbons (Fsp3) is 0.750. The summed E-state index contributed by atoms with van der Waals surface area (Å²) in [5.41, 5.74) is 2.94. The molecule has 2 amide bonds. The predicted octanol–water partition coefficient (Wildman–Crippen LogP) is 2.45. The van der Waals surface area contributed by atoms with E-state index in [2.05, 4.69) is 10.3 Å². The zero-order valence-corrected chi connectivity index (χ0v) is 14.0. The lowest BCUT2D eigenvalue weighted by Crippen LogP contribution is -2.45. The van der Waals surface area contributed by atoms with Gasteiger partial charge in [-0.25, -0.2) is 9.78 Å². The monoisotopic (exact) mass is 323 g/mol. The lowest BCUT2D eigenvalue weighted by atomic mass is 9.76. The van der Waals surface area contributed by atoms with E-state index < -0.39 is 0 Å². The van der Waals surface area contributed by atoms with Crippen molar-refractivity contribution in [2.24, 2.45) is 11.8 Å². The Balaban J connectivity index is 1.46. The predicted molar refractivity (Wildman–Crippen MR) is 87.2 cm³/mol. The van der Waals surface area contributed by atoms with Gasteiger partial charge in [-0.05, 0) is 12.8 Å². The van der Waals surface area contributed by atoms with Gasteiger partial charge in [0.1, 0.15) is 0 Å². The van der Waals surface area contributed by atoms with Gasteiger partial charge in [-0.15, -0.1) is 11.3 Å². The number of rotatable bonds is 4. The van der Waals surface area contributed by atoms with E-state index >= 15 is 0 Å². The van der Waals surface area contributed by atoms with Crippen LogP contribution in [0.5, 0.6) is 0 Å². The van der Waals surface area contributed by atoms with Crippen LogP contribution in [0.4, 0.5) is 4.79 Å². The molecule has 0 spiro atoms. The first-order valence-electron chi connectivity index (χ1n) is 8.23. The van der Waals surface area contributed by atoms with Gasteiger partial charge in [0.2, 0.25) is 0 Å². The number of ether oxygens (including phenoxy) is 1. The van der Waals surface area contributed by atoms with Gasteiger partial charge in [-0.1, -0.05) is 19.3 Å². The van der Waals surface area contributed by atoms with Gasteiger partial charge in [0.25, 0.3) is 0 Å². The molecule has 122 valence electrons. The first-order chi connectivity index (χ1) is 10.7. The molecule has 3 rings (SSSR count). The Hall–Kier alpha value is -1.14. The van der Waals surface area contributed by atoms with Crippen molar-refractivity contribution in [3.05, 3.63) is 16.1 Å². The minimum absolute atomic E-state index is 0.0528. The fourth-order valence-electron chi connectivity index (χ4n) is 3.18. The van der Waals surface area contributed by atoms with E-state index in [0.717, 1.165) is 31.2 Å². The van der Waals surface area contributed by atoms with Crippen LogP contribution in [-0.2, 0) is 11.2 Å². The summed E-state index contributed by atoms with van der Waals surface area (Å²) in [4.78, 5) is 19.8. The molecule has 2 heterocycles. The van der Waals surface area contributed by atoms with Crippen molar-refractivity contribution in [1.82, 2.24) is 15.2 Å². The summed E-state index contributed by atoms with van der Waals surface area (Å²) in [5, 5.41) is 3.05. The third-order valence-corrected chi connectivity index (χ3v) is 5.86. The molecule has 1 aromatic heterocycles. The number of urea groups is 1.